The molecule has 1 heterocycles. The first-order chi connectivity index (χ1) is 9.38. The fraction of sp³-hybridized carbons (Fsp3) is 0.400. The van der Waals surface area contributed by atoms with Crippen LogP contribution in [-0.2, 0) is 6.54 Å². The summed E-state index contributed by atoms with van der Waals surface area (Å²) in [6.45, 7) is 8.38. The predicted molar refractivity (Wildman–Crippen MR) is 75.8 cm³/mol. The molecule has 0 aliphatic carbocycles. The second-order valence-corrected chi connectivity index (χ2v) is 5.22. The van der Waals surface area contributed by atoms with Gasteiger partial charge in [0.2, 0.25) is 0 Å². The minimum Gasteiger partial charge on any atom is -0.378 e. The van der Waals surface area contributed by atoms with E-state index in [0.717, 1.165) is 23.1 Å². The Balaban J connectivity index is 2.19. The minimum absolute atomic E-state index is 0.274. The van der Waals surface area contributed by atoms with Crippen molar-refractivity contribution in [1.82, 2.24) is 9.78 Å². The highest BCUT2D eigenvalue weighted by Crippen LogP contribution is 2.23. The molecule has 0 bridgehead atoms. The maximum Gasteiger partial charge on any atom is 0.126 e. The number of benzene rings is 1. The second-order valence-electron chi connectivity index (χ2n) is 5.22. The van der Waals surface area contributed by atoms with Crippen LogP contribution in [0.15, 0.2) is 18.2 Å². The molecule has 2 aromatic rings. The molecule has 1 aromatic carbocycles. The number of hydrogen-bond donors (Lipinski definition) is 1. The van der Waals surface area contributed by atoms with Crippen LogP contribution >= 0.6 is 0 Å². The number of anilines is 1. The van der Waals surface area contributed by atoms with E-state index in [1.807, 2.05) is 18.5 Å². The first-order valence-electron chi connectivity index (χ1n) is 6.63. The highest BCUT2D eigenvalue weighted by molar-refractivity contribution is 5.52. The molecule has 5 heteroatoms. The molecular weight excluding hydrogens is 260 g/mol. The third-order valence-electron chi connectivity index (χ3n) is 3.21. The molecule has 0 radical (unpaired) electrons. The summed E-state index contributed by atoms with van der Waals surface area (Å²) in [7, 11) is 0. The average Bonchev–Trinajstić information content (AvgIpc) is 2.61. The summed E-state index contributed by atoms with van der Waals surface area (Å²) in [4.78, 5) is 0. The lowest BCUT2D eigenvalue weighted by Crippen LogP contribution is -2.06. The van der Waals surface area contributed by atoms with Crippen LogP contribution in [0.2, 0.25) is 0 Å². The molecule has 0 saturated heterocycles. The smallest absolute Gasteiger partial charge is 0.126 e. The monoisotopic (exact) mass is 279 g/mol. The van der Waals surface area contributed by atoms with Gasteiger partial charge in [0.15, 0.2) is 0 Å². The van der Waals surface area contributed by atoms with Crippen LogP contribution < -0.4 is 5.32 Å². The maximum atomic E-state index is 13.1. The molecule has 0 amide bonds. The Morgan fingerprint density at radius 2 is 1.75 bits per heavy atom. The number of hydrogen-bond acceptors (Lipinski definition) is 2. The fourth-order valence-electron chi connectivity index (χ4n) is 2.33. The summed E-state index contributed by atoms with van der Waals surface area (Å²) in [6.07, 6.45) is 0. The minimum atomic E-state index is -0.562. The van der Waals surface area contributed by atoms with Crippen molar-refractivity contribution >= 4 is 5.69 Å². The van der Waals surface area contributed by atoms with E-state index < -0.39 is 11.6 Å². The van der Waals surface area contributed by atoms with E-state index in [1.165, 1.54) is 12.1 Å². The van der Waals surface area contributed by atoms with E-state index in [-0.39, 0.29) is 6.04 Å². The Kier molecular flexibility index (Phi) is 4.06. The number of halogens is 2. The fourth-order valence-corrected chi connectivity index (χ4v) is 2.33. The number of nitrogens with zero attached hydrogens (tertiary/aromatic N) is 2. The van der Waals surface area contributed by atoms with Crippen molar-refractivity contribution < 1.29 is 8.78 Å². The highest BCUT2D eigenvalue weighted by Gasteiger charge is 2.13. The molecule has 2 rings (SSSR count). The van der Waals surface area contributed by atoms with E-state index in [0.29, 0.717) is 12.1 Å². The van der Waals surface area contributed by atoms with Gasteiger partial charge in [0.05, 0.1) is 17.1 Å². The molecule has 1 N–H and O–H groups in total. The Labute approximate surface area is 117 Å². The van der Waals surface area contributed by atoms with E-state index in [2.05, 4.69) is 24.3 Å². The molecule has 1 aromatic heterocycles. The molecule has 20 heavy (non-hydrogen) atoms. The third kappa shape index (κ3) is 2.98. The Hall–Kier alpha value is -1.91. The van der Waals surface area contributed by atoms with Gasteiger partial charge in [-0.05, 0) is 45.4 Å². The van der Waals surface area contributed by atoms with Gasteiger partial charge in [0, 0.05) is 18.7 Å². The van der Waals surface area contributed by atoms with Crippen LogP contribution in [-0.4, -0.2) is 9.78 Å². The van der Waals surface area contributed by atoms with E-state index in [9.17, 15) is 8.78 Å². The Bertz CT molecular complexity index is 598. The van der Waals surface area contributed by atoms with Crippen LogP contribution in [0.4, 0.5) is 14.5 Å². The van der Waals surface area contributed by atoms with Crippen molar-refractivity contribution in [3.63, 3.8) is 0 Å². The molecule has 0 saturated carbocycles. The topological polar surface area (TPSA) is 29.9 Å². The largest absolute Gasteiger partial charge is 0.378 e. The number of nitrogens with one attached hydrogen (secondary N) is 1. The van der Waals surface area contributed by atoms with Gasteiger partial charge in [-0.3, -0.25) is 4.68 Å². The maximum absolute atomic E-state index is 13.1. The average molecular weight is 279 g/mol. The SMILES string of the molecule is Cc1nn(C(C)C)c(C)c1NCc1cc(F)cc(F)c1. The van der Waals surface area contributed by atoms with Gasteiger partial charge in [0.25, 0.3) is 0 Å². The molecule has 0 aliphatic heterocycles. The van der Waals surface area contributed by atoms with Gasteiger partial charge in [-0.15, -0.1) is 0 Å². The van der Waals surface area contributed by atoms with Crippen LogP contribution in [0.5, 0.6) is 0 Å². The zero-order valence-electron chi connectivity index (χ0n) is 12.2. The van der Waals surface area contributed by atoms with Crippen molar-refractivity contribution in [3.05, 3.63) is 46.8 Å². The number of aromatic nitrogens is 2. The highest BCUT2D eigenvalue weighted by atomic mass is 19.1. The predicted octanol–water partition coefficient (Wildman–Crippen LogP) is 3.97. The summed E-state index contributed by atoms with van der Waals surface area (Å²) in [5, 5.41) is 7.67. The van der Waals surface area contributed by atoms with Gasteiger partial charge in [-0.25, -0.2) is 8.78 Å². The van der Waals surface area contributed by atoms with Gasteiger partial charge < -0.3 is 5.32 Å². The van der Waals surface area contributed by atoms with Crippen LogP contribution in [0.1, 0.15) is 36.8 Å². The first-order valence-corrected chi connectivity index (χ1v) is 6.63. The van der Waals surface area contributed by atoms with Crippen molar-refractivity contribution in [2.24, 2.45) is 0 Å². The number of rotatable bonds is 4. The first kappa shape index (κ1) is 14.5. The zero-order chi connectivity index (χ0) is 14.9. The van der Waals surface area contributed by atoms with E-state index >= 15 is 0 Å². The lowest BCUT2D eigenvalue weighted by atomic mass is 10.2. The van der Waals surface area contributed by atoms with Crippen LogP contribution in [0.3, 0.4) is 0 Å². The van der Waals surface area contributed by atoms with Gasteiger partial charge in [-0.2, -0.15) is 5.10 Å². The van der Waals surface area contributed by atoms with E-state index in [4.69, 9.17) is 0 Å². The molecule has 0 atom stereocenters. The van der Waals surface area contributed by atoms with Crippen molar-refractivity contribution in [2.75, 3.05) is 5.32 Å². The summed E-state index contributed by atoms with van der Waals surface area (Å²) in [5.41, 5.74) is 3.39. The van der Waals surface area contributed by atoms with Gasteiger partial charge in [0.1, 0.15) is 11.6 Å². The summed E-state index contributed by atoms with van der Waals surface area (Å²) in [6, 6.07) is 3.80. The van der Waals surface area contributed by atoms with Crippen molar-refractivity contribution in [1.29, 1.82) is 0 Å². The molecule has 0 aliphatic rings. The summed E-state index contributed by atoms with van der Waals surface area (Å²) >= 11 is 0. The standard InChI is InChI=1S/C15H19F2N3/c1-9(2)20-11(4)15(10(3)19-20)18-8-12-5-13(16)7-14(17)6-12/h5-7,9,18H,8H2,1-4H3. The molecule has 0 fully saturated rings. The van der Waals surface area contributed by atoms with Crippen molar-refractivity contribution in [2.45, 2.75) is 40.3 Å². The molecule has 3 nitrogen and oxygen atoms in total. The lowest BCUT2D eigenvalue weighted by molar-refractivity contribution is 0.516. The normalized spacial score (nSPS) is 11.2. The lowest BCUT2D eigenvalue weighted by Gasteiger charge is -2.10. The van der Waals surface area contributed by atoms with Crippen LogP contribution in [0, 0.1) is 25.5 Å². The summed E-state index contributed by atoms with van der Waals surface area (Å²) in [5.74, 6) is -1.12. The Morgan fingerprint density at radius 1 is 1.15 bits per heavy atom. The quantitative estimate of drug-likeness (QED) is 0.917. The second kappa shape index (κ2) is 5.61. The third-order valence-corrected chi connectivity index (χ3v) is 3.21. The number of aryl methyl sites for hydroxylation is 1. The van der Waals surface area contributed by atoms with Gasteiger partial charge >= 0.3 is 0 Å². The molecule has 0 unspecified atom stereocenters. The molecule has 0 spiro atoms. The molecule has 108 valence electrons. The van der Waals surface area contributed by atoms with Crippen LogP contribution in [0.25, 0.3) is 0 Å². The summed E-state index contributed by atoms with van der Waals surface area (Å²) < 4.78 is 28.2. The van der Waals surface area contributed by atoms with Gasteiger partial charge in [-0.1, -0.05) is 0 Å². The van der Waals surface area contributed by atoms with Crippen molar-refractivity contribution in [3.8, 4) is 0 Å². The Morgan fingerprint density at radius 3 is 2.25 bits per heavy atom. The molecular formula is C15H19F2N3. The van der Waals surface area contributed by atoms with E-state index in [1.54, 1.807) is 0 Å². The zero-order valence-corrected chi connectivity index (χ0v) is 12.2.